The predicted molar refractivity (Wildman–Crippen MR) is 113 cm³/mol. The fourth-order valence-electron chi connectivity index (χ4n) is 2.99. The van der Waals surface area contributed by atoms with Crippen molar-refractivity contribution in [2.24, 2.45) is 0 Å². The molecule has 0 bridgehead atoms. The third kappa shape index (κ3) is 4.61. The van der Waals surface area contributed by atoms with Crippen LogP contribution in [0.1, 0.15) is 16.7 Å². The lowest BCUT2D eigenvalue weighted by molar-refractivity contribution is 0.174. The van der Waals surface area contributed by atoms with Crippen molar-refractivity contribution in [3.8, 4) is 17.2 Å². The van der Waals surface area contributed by atoms with Gasteiger partial charge in [0.15, 0.2) is 11.5 Å². The molecule has 6 heteroatoms. The molecule has 28 heavy (non-hydrogen) atoms. The highest BCUT2D eigenvalue weighted by Gasteiger charge is 2.13. The minimum Gasteiger partial charge on any atom is -0.489 e. The molecule has 1 aliphatic rings. The second kappa shape index (κ2) is 8.86. The fourth-order valence-corrected chi connectivity index (χ4v) is 3.59. The van der Waals surface area contributed by atoms with Crippen molar-refractivity contribution in [1.82, 2.24) is 5.32 Å². The smallest absolute Gasteiger partial charge is 0.231 e. The number of hydrogen-bond acceptors (Lipinski definition) is 4. The zero-order valence-electron chi connectivity index (χ0n) is 15.1. The summed E-state index contributed by atoms with van der Waals surface area (Å²) in [5, 5.41) is 4.17. The Labute approximate surface area is 177 Å². The molecule has 3 aromatic rings. The van der Waals surface area contributed by atoms with Gasteiger partial charge in [-0.05, 0) is 42.0 Å². The SMILES string of the molecule is Clc1ccccc1COc1ccc(Br)cc1CNCc1ccc2c(c1)OCO2. The number of halogens is 2. The number of hydrogen-bond donors (Lipinski definition) is 1. The Morgan fingerprint density at radius 3 is 2.68 bits per heavy atom. The Morgan fingerprint density at radius 1 is 0.929 bits per heavy atom. The van der Waals surface area contributed by atoms with E-state index in [0.717, 1.165) is 38.4 Å². The van der Waals surface area contributed by atoms with Crippen molar-refractivity contribution in [2.75, 3.05) is 6.79 Å². The molecule has 1 heterocycles. The van der Waals surface area contributed by atoms with Crippen molar-refractivity contribution in [3.05, 3.63) is 86.8 Å². The molecule has 144 valence electrons. The van der Waals surface area contributed by atoms with Gasteiger partial charge < -0.3 is 19.5 Å². The summed E-state index contributed by atoms with van der Waals surface area (Å²) in [6, 6.07) is 19.7. The highest BCUT2D eigenvalue weighted by atomic mass is 79.9. The Bertz CT molecular complexity index is 980. The van der Waals surface area contributed by atoms with Crippen LogP contribution in [0.15, 0.2) is 65.1 Å². The van der Waals surface area contributed by atoms with E-state index in [0.29, 0.717) is 24.7 Å². The van der Waals surface area contributed by atoms with E-state index in [9.17, 15) is 0 Å². The number of nitrogens with one attached hydrogen (secondary N) is 1. The fraction of sp³-hybridized carbons (Fsp3) is 0.182. The summed E-state index contributed by atoms with van der Waals surface area (Å²) in [4.78, 5) is 0. The quantitative estimate of drug-likeness (QED) is 0.491. The number of benzene rings is 3. The first-order valence-electron chi connectivity index (χ1n) is 8.93. The van der Waals surface area contributed by atoms with Gasteiger partial charge in [0.2, 0.25) is 6.79 Å². The maximum atomic E-state index is 6.23. The molecular weight excluding hydrogens is 442 g/mol. The van der Waals surface area contributed by atoms with Gasteiger partial charge in [-0.25, -0.2) is 0 Å². The third-order valence-electron chi connectivity index (χ3n) is 4.45. The molecule has 0 spiro atoms. The summed E-state index contributed by atoms with van der Waals surface area (Å²) >= 11 is 9.77. The van der Waals surface area contributed by atoms with Crippen LogP contribution in [0.25, 0.3) is 0 Å². The van der Waals surface area contributed by atoms with Crippen LogP contribution in [0, 0.1) is 0 Å². The van der Waals surface area contributed by atoms with Crippen LogP contribution in [0.2, 0.25) is 5.02 Å². The summed E-state index contributed by atoms with van der Waals surface area (Å²) in [6.07, 6.45) is 0. The van der Waals surface area contributed by atoms with Crippen LogP contribution in [0.3, 0.4) is 0 Å². The molecule has 0 atom stereocenters. The molecule has 0 unspecified atom stereocenters. The highest BCUT2D eigenvalue weighted by Crippen LogP contribution is 2.32. The van der Waals surface area contributed by atoms with Gasteiger partial charge in [-0.1, -0.05) is 51.8 Å². The zero-order valence-corrected chi connectivity index (χ0v) is 17.4. The van der Waals surface area contributed by atoms with Gasteiger partial charge >= 0.3 is 0 Å². The largest absolute Gasteiger partial charge is 0.489 e. The summed E-state index contributed by atoms with van der Waals surface area (Å²) < 4.78 is 17.8. The topological polar surface area (TPSA) is 39.7 Å². The maximum Gasteiger partial charge on any atom is 0.231 e. The van der Waals surface area contributed by atoms with E-state index in [4.69, 9.17) is 25.8 Å². The first-order valence-corrected chi connectivity index (χ1v) is 10.1. The predicted octanol–water partition coefficient (Wildman–Crippen LogP) is 5.70. The lowest BCUT2D eigenvalue weighted by Crippen LogP contribution is -2.13. The molecule has 0 amide bonds. The lowest BCUT2D eigenvalue weighted by atomic mass is 10.1. The average molecular weight is 461 g/mol. The van der Waals surface area contributed by atoms with E-state index in [2.05, 4.69) is 27.3 Å². The molecule has 0 radical (unpaired) electrons. The van der Waals surface area contributed by atoms with Gasteiger partial charge in [0.05, 0.1) is 0 Å². The molecule has 3 aromatic carbocycles. The minimum atomic E-state index is 0.288. The third-order valence-corrected chi connectivity index (χ3v) is 5.31. The van der Waals surface area contributed by atoms with Gasteiger partial charge in [-0.3, -0.25) is 0 Å². The van der Waals surface area contributed by atoms with Crippen LogP contribution < -0.4 is 19.5 Å². The van der Waals surface area contributed by atoms with Crippen molar-refractivity contribution < 1.29 is 14.2 Å². The lowest BCUT2D eigenvalue weighted by Gasteiger charge is -2.14. The summed E-state index contributed by atoms with van der Waals surface area (Å²) in [6.45, 7) is 2.10. The van der Waals surface area contributed by atoms with Crippen molar-refractivity contribution in [2.45, 2.75) is 19.7 Å². The molecule has 1 aliphatic heterocycles. The zero-order chi connectivity index (χ0) is 19.3. The maximum absolute atomic E-state index is 6.23. The van der Waals surface area contributed by atoms with Gasteiger partial charge in [-0.2, -0.15) is 0 Å². The summed E-state index contributed by atoms with van der Waals surface area (Å²) in [5.74, 6) is 2.43. The molecule has 0 saturated carbocycles. The molecule has 1 N–H and O–H groups in total. The van der Waals surface area contributed by atoms with E-state index in [1.54, 1.807) is 0 Å². The highest BCUT2D eigenvalue weighted by molar-refractivity contribution is 9.10. The molecular formula is C22H19BrClNO3. The minimum absolute atomic E-state index is 0.288. The summed E-state index contributed by atoms with van der Waals surface area (Å²) in [7, 11) is 0. The second-order valence-electron chi connectivity index (χ2n) is 6.42. The number of ether oxygens (including phenoxy) is 3. The number of fused-ring (bicyclic) bond motifs is 1. The van der Waals surface area contributed by atoms with Crippen LogP contribution in [0.4, 0.5) is 0 Å². The molecule has 4 rings (SSSR count). The first-order chi connectivity index (χ1) is 13.7. The Balaban J connectivity index is 1.39. The Kier molecular flexibility index (Phi) is 6.05. The monoisotopic (exact) mass is 459 g/mol. The molecule has 0 aromatic heterocycles. The van der Waals surface area contributed by atoms with E-state index in [1.165, 1.54) is 0 Å². The Morgan fingerprint density at radius 2 is 1.79 bits per heavy atom. The Hall–Kier alpha value is -2.21. The van der Waals surface area contributed by atoms with Gasteiger partial charge in [0, 0.05) is 33.7 Å². The van der Waals surface area contributed by atoms with Crippen LogP contribution in [0.5, 0.6) is 17.2 Å². The van der Waals surface area contributed by atoms with Crippen molar-refractivity contribution in [3.63, 3.8) is 0 Å². The number of rotatable bonds is 7. The average Bonchev–Trinajstić information content (AvgIpc) is 3.16. The van der Waals surface area contributed by atoms with Crippen LogP contribution in [-0.2, 0) is 19.7 Å². The summed E-state index contributed by atoms with van der Waals surface area (Å²) in [5.41, 5.74) is 3.17. The van der Waals surface area contributed by atoms with Gasteiger partial charge in [-0.15, -0.1) is 0 Å². The van der Waals surface area contributed by atoms with Gasteiger partial charge in [0.1, 0.15) is 12.4 Å². The van der Waals surface area contributed by atoms with E-state index >= 15 is 0 Å². The van der Waals surface area contributed by atoms with Gasteiger partial charge in [0.25, 0.3) is 0 Å². The van der Waals surface area contributed by atoms with Crippen LogP contribution in [-0.4, -0.2) is 6.79 Å². The van der Waals surface area contributed by atoms with E-state index < -0.39 is 0 Å². The standard InChI is InChI=1S/C22H19BrClNO3/c23-18-6-8-20(26-13-16-3-1-2-4-19(16)24)17(10-18)12-25-11-15-5-7-21-22(9-15)28-14-27-21/h1-10,25H,11-14H2. The van der Waals surface area contributed by atoms with Crippen molar-refractivity contribution >= 4 is 27.5 Å². The van der Waals surface area contributed by atoms with E-state index in [1.807, 2.05) is 54.6 Å². The molecule has 0 saturated heterocycles. The normalized spacial score (nSPS) is 12.2. The van der Waals surface area contributed by atoms with Crippen molar-refractivity contribution in [1.29, 1.82) is 0 Å². The van der Waals surface area contributed by atoms with Crippen LogP contribution >= 0.6 is 27.5 Å². The second-order valence-corrected chi connectivity index (χ2v) is 7.75. The molecule has 0 fully saturated rings. The molecule has 4 nitrogen and oxygen atoms in total. The first kappa shape index (κ1) is 19.1. The molecule has 0 aliphatic carbocycles. The van der Waals surface area contributed by atoms with E-state index in [-0.39, 0.29) is 6.79 Å².